The molecule has 1 aliphatic rings. The third-order valence-corrected chi connectivity index (χ3v) is 3.03. The van der Waals surface area contributed by atoms with Gasteiger partial charge in [-0.1, -0.05) is 15.9 Å². The van der Waals surface area contributed by atoms with E-state index in [-0.39, 0.29) is 0 Å². The van der Waals surface area contributed by atoms with Crippen LogP contribution in [0.4, 0.5) is 0 Å². The van der Waals surface area contributed by atoms with Crippen LogP contribution in [0.25, 0.3) is 0 Å². The zero-order valence-corrected chi connectivity index (χ0v) is 12.0. The van der Waals surface area contributed by atoms with Crippen molar-refractivity contribution in [2.24, 2.45) is 16.1 Å². The molecule has 104 valence electrons. The Bertz CT molecular complexity index is 600. The molecule has 1 atom stereocenters. The number of hydrazone groups is 2. The molecule has 0 saturated heterocycles. The molecule has 1 heterocycles. The molecule has 20 heavy (non-hydrogen) atoms. The van der Waals surface area contributed by atoms with Gasteiger partial charge < -0.3 is 4.74 Å². The van der Waals surface area contributed by atoms with Gasteiger partial charge in [0, 0.05) is 16.3 Å². The fourth-order valence-corrected chi connectivity index (χ4v) is 1.92. The molecule has 0 spiro atoms. The topological polar surface area (TPSA) is 92.2 Å². The third-order valence-electron chi connectivity index (χ3n) is 2.53. The quantitative estimate of drug-likeness (QED) is 0.479. The molecule has 0 aliphatic carbocycles. The van der Waals surface area contributed by atoms with Crippen LogP contribution < -0.4 is 15.6 Å². The highest BCUT2D eigenvalue weighted by molar-refractivity contribution is 9.10. The second-order valence-electron chi connectivity index (χ2n) is 3.85. The summed E-state index contributed by atoms with van der Waals surface area (Å²) in [6.45, 7) is 0. The Kier molecular flexibility index (Phi) is 4.46. The molecule has 0 saturated carbocycles. The second kappa shape index (κ2) is 6.29. The molecule has 0 radical (unpaired) electrons. The molecule has 0 bridgehead atoms. The van der Waals surface area contributed by atoms with Crippen molar-refractivity contribution in [1.82, 2.24) is 10.9 Å². The van der Waals surface area contributed by atoms with E-state index in [2.05, 4.69) is 37.0 Å². The number of carbonyl (C=O) groups excluding carboxylic acids is 2. The number of hydrogen-bond donors (Lipinski definition) is 2. The molecular formula is C12H11BrN4O3. The monoisotopic (exact) mass is 338 g/mol. The SMILES string of the molecule is COc1ccc(Br)cc1/C=N\NC(=O)[C@@H]1C=NNC1=O. The van der Waals surface area contributed by atoms with Gasteiger partial charge in [0.05, 0.1) is 13.3 Å². The van der Waals surface area contributed by atoms with Crippen LogP contribution in [0.1, 0.15) is 5.56 Å². The van der Waals surface area contributed by atoms with Crippen LogP contribution in [0.5, 0.6) is 5.75 Å². The van der Waals surface area contributed by atoms with E-state index in [0.29, 0.717) is 11.3 Å². The number of methoxy groups -OCH3 is 1. The number of rotatable bonds is 4. The van der Waals surface area contributed by atoms with Gasteiger partial charge in [-0.3, -0.25) is 9.59 Å². The molecule has 2 N–H and O–H groups in total. The number of hydrogen-bond acceptors (Lipinski definition) is 5. The van der Waals surface area contributed by atoms with E-state index < -0.39 is 17.7 Å². The Labute approximate surface area is 123 Å². The van der Waals surface area contributed by atoms with Crippen molar-refractivity contribution >= 4 is 40.2 Å². The summed E-state index contributed by atoms with van der Waals surface area (Å²) in [6, 6.07) is 5.39. The van der Waals surface area contributed by atoms with Crippen LogP contribution in [0.15, 0.2) is 32.9 Å². The lowest BCUT2D eigenvalue weighted by molar-refractivity contribution is -0.131. The standard InChI is InChI=1S/C12H11BrN4O3/c1-20-10-3-2-8(13)4-7(10)5-14-16-11(18)9-6-15-17-12(9)19/h2-6,9H,1H3,(H,16,18)(H,17,19)/b14-5-/t9-/m0/s1. The zero-order valence-electron chi connectivity index (χ0n) is 10.5. The van der Waals surface area contributed by atoms with Crippen LogP contribution in [0.3, 0.4) is 0 Å². The Hall–Kier alpha value is -2.22. The molecule has 1 aromatic rings. The number of nitrogens with zero attached hydrogens (tertiary/aromatic N) is 2. The van der Waals surface area contributed by atoms with Crippen molar-refractivity contribution < 1.29 is 14.3 Å². The van der Waals surface area contributed by atoms with Crippen molar-refractivity contribution in [2.75, 3.05) is 7.11 Å². The molecule has 8 heteroatoms. The van der Waals surface area contributed by atoms with E-state index in [1.807, 2.05) is 6.07 Å². The molecule has 1 aliphatic heterocycles. The number of benzene rings is 1. The van der Waals surface area contributed by atoms with Gasteiger partial charge in [-0.2, -0.15) is 10.2 Å². The normalized spacial score (nSPS) is 17.3. The van der Waals surface area contributed by atoms with Crippen LogP contribution in [0, 0.1) is 5.92 Å². The van der Waals surface area contributed by atoms with Crippen molar-refractivity contribution in [3.63, 3.8) is 0 Å². The summed E-state index contributed by atoms with van der Waals surface area (Å²) in [5.74, 6) is -1.35. The number of amides is 2. The number of halogens is 1. The largest absolute Gasteiger partial charge is 0.496 e. The maximum absolute atomic E-state index is 11.6. The van der Waals surface area contributed by atoms with Crippen molar-refractivity contribution in [1.29, 1.82) is 0 Å². The smallest absolute Gasteiger partial charge is 0.258 e. The molecular weight excluding hydrogens is 328 g/mol. The summed E-state index contributed by atoms with van der Waals surface area (Å²) in [4.78, 5) is 22.9. The summed E-state index contributed by atoms with van der Waals surface area (Å²) in [5.41, 5.74) is 5.14. The average Bonchev–Trinajstić information content (AvgIpc) is 2.85. The van der Waals surface area contributed by atoms with Gasteiger partial charge in [0.25, 0.3) is 11.8 Å². The minimum atomic E-state index is -0.948. The van der Waals surface area contributed by atoms with E-state index in [1.165, 1.54) is 12.4 Å². The Morgan fingerprint density at radius 2 is 2.40 bits per heavy atom. The molecule has 2 amide bonds. The van der Waals surface area contributed by atoms with Crippen LogP contribution in [-0.4, -0.2) is 31.4 Å². The molecule has 0 aromatic heterocycles. The number of carbonyl (C=O) groups is 2. The molecule has 1 aromatic carbocycles. The maximum Gasteiger partial charge on any atom is 0.258 e. The van der Waals surface area contributed by atoms with E-state index in [9.17, 15) is 9.59 Å². The lowest BCUT2D eigenvalue weighted by atomic mass is 10.1. The van der Waals surface area contributed by atoms with E-state index in [4.69, 9.17) is 4.74 Å². The molecule has 7 nitrogen and oxygen atoms in total. The maximum atomic E-state index is 11.6. The second-order valence-corrected chi connectivity index (χ2v) is 4.77. The lowest BCUT2D eigenvalue weighted by Gasteiger charge is -2.05. The first-order chi connectivity index (χ1) is 9.61. The first-order valence-corrected chi connectivity index (χ1v) is 6.40. The third kappa shape index (κ3) is 3.21. The van der Waals surface area contributed by atoms with Crippen LogP contribution in [0.2, 0.25) is 0 Å². The predicted molar refractivity (Wildman–Crippen MR) is 76.6 cm³/mol. The first-order valence-electron chi connectivity index (χ1n) is 5.61. The van der Waals surface area contributed by atoms with Crippen molar-refractivity contribution in [2.45, 2.75) is 0 Å². The summed E-state index contributed by atoms with van der Waals surface area (Å²) < 4.78 is 6.02. The van der Waals surface area contributed by atoms with Gasteiger partial charge in [0.15, 0.2) is 5.92 Å². The molecule has 2 rings (SSSR count). The van der Waals surface area contributed by atoms with Gasteiger partial charge in [0.2, 0.25) is 0 Å². The van der Waals surface area contributed by atoms with Crippen LogP contribution >= 0.6 is 15.9 Å². The zero-order chi connectivity index (χ0) is 14.5. The fraction of sp³-hybridized carbons (Fsp3) is 0.167. The van der Waals surface area contributed by atoms with E-state index in [0.717, 1.165) is 4.47 Å². The van der Waals surface area contributed by atoms with Gasteiger partial charge in [0.1, 0.15) is 5.75 Å². The Morgan fingerprint density at radius 3 is 3.05 bits per heavy atom. The summed E-state index contributed by atoms with van der Waals surface area (Å²) in [5, 5.41) is 7.31. The fourth-order valence-electron chi connectivity index (χ4n) is 1.54. The lowest BCUT2D eigenvalue weighted by Crippen LogP contribution is -2.34. The highest BCUT2D eigenvalue weighted by Crippen LogP contribution is 2.21. The van der Waals surface area contributed by atoms with E-state index >= 15 is 0 Å². The highest BCUT2D eigenvalue weighted by atomic mass is 79.9. The van der Waals surface area contributed by atoms with Gasteiger partial charge >= 0.3 is 0 Å². The minimum Gasteiger partial charge on any atom is -0.496 e. The highest BCUT2D eigenvalue weighted by Gasteiger charge is 2.28. The van der Waals surface area contributed by atoms with Crippen LogP contribution in [-0.2, 0) is 9.59 Å². The van der Waals surface area contributed by atoms with Crippen molar-refractivity contribution in [3.05, 3.63) is 28.2 Å². The van der Waals surface area contributed by atoms with E-state index in [1.54, 1.807) is 19.2 Å². The first kappa shape index (κ1) is 14.2. The summed E-state index contributed by atoms with van der Waals surface area (Å²) in [6.07, 6.45) is 2.67. The summed E-state index contributed by atoms with van der Waals surface area (Å²) >= 11 is 3.33. The Balaban J connectivity index is 2.03. The van der Waals surface area contributed by atoms with Gasteiger partial charge in [-0.15, -0.1) is 0 Å². The van der Waals surface area contributed by atoms with Gasteiger partial charge in [-0.05, 0) is 18.2 Å². The number of nitrogens with one attached hydrogen (secondary N) is 2. The number of ether oxygens (including phenoxy) is 1. The summed E-state index contributed by atoms with van der Waals surface area (Å²) in [7, 11) is 1.54. The van der Waals surface area contributed by atoms with Gasteiger partial charge in [-0.25, -0.2) is 10.9 Å². The predicted octanol–water partition coefficient (Wildman–Crippen LogP) is 0.640. The average molecular weight is 339 g/mol. The molecule has 0 fully saturated rings. The van der Waals surface area contributed by atoms with Crippen molar-refractivity contribution in [3.8, 4) is 5.75 Å². The minimum absolute atomic E-state index is 0.474. The molecule has 0 unspecified atom stereocenters. The Morgan fingerprint density at radius 1 is 1.60 bits per heavy atom.